The van der Waals surface area contributed by atoms with Gasteiger partial charge < -0.3 is 19.5 Å². The van der Waals surface area contributed by atoms with E-state index in [0.29, 0.717) is 11.5 Å². The lowest BCUT2D eigenvalue weighted by molar-refractivity contribution is -0.137. The van der Waals surface area contributed by atoms with Crippen LogP contribution in [0.25, 0.3) is 0 Å². The number of halogens is 3. The van der Waals surface area contributed by atoms with Crippen LogP contribution in [-0.4, -0.2) is 37.7 Å². The number of ether oxygens (including phenoxy) is 3. The van der Waals surface area contributed by atoms with Gasteiger partial charge in [0.15, 0.2) is 18.1 Å². The molecule has 2 aromatic carbocycles. The Labute approximate surface area is 158 Å². The summed E-state index contributed by atoms with van der Waals surface area (Å²) >= 11 is 0. The zero-order valence-electron chi connectivity index (χ0n) is 14.5. The standard InChI is InChI=1S/C19H16F3NO5/c20-19(21,22)13-7-5-12(6-8-13)18(25)27-11-17(24)23-9-14-10-26-15-3-1-2-4-16(15)28-14/h1-8,14H,9-11H2,(H,23,24)/t14-/m0/s1. The van der Waals surface area contributed by atoms with Crippen molar-refractivity contribution in [1.29, 1.82) is 0 Å². The third-order valence-electron chi connectivity index (χ3n) is 3.88. The first-order chi connectivity index (χ1) is 13.3. The van der Waals surface area contributed by atoms with E-state index in [1.165, 1.54) is 0 Å². The van der Waals surface area contributed by atoms with Gasteiger partial charge in [0, 0.05) is 0 Å². The van der Waals surface area contributed by atoms with Crippen molar-refractivity contribution in [1.82, 2.24) is 5.32 Å². The number of nitrogens with one attached hydrogen (secondary N) is 1. The Morgan fingerprint density at radius 1 is 1.07 bits per heavy atom. The number of para-hydroxylation sites is 2. The monoisotopic (exact) mass is 395 g/mol. The van der Waals surface area contributed by atoms with Gasteiger partial charge in [0.1, 0.15) is 12.7 Å². The molecule has 1 heterocycles. The van der Waals surface area contributed by atoms with E-state index in [0.717, 1.165) is 24.3 Å². The molecule has 1 N–H and O–H groups in total. The SMILES string of the molecule is O=C(COC(=O)c1ccc(C(F)(F)F)cc1)NC[C@H]1COc2ccccc2O1. The average molecular weight is 395 g/mol. The highest BCUT2D eigenvalue weighted by Crippen LogP contribution is 2.31. The topological polar surface area (TPSA) is 73.9 Å². The summed E-state index contributed by atoms with van der Waals surface area (Å²) < 4.78 is 53.5. The summed E-state index contributed by atoms with van der Waals surface area (Å²) in [5.74, 6) is -0.268. The first-order valence-corrected chi connectivity index (χ1v) is 8.32. The second-order valence-electron chi connectivity index (χ2n) is 5.95. The molecule has 0 aliphatic carbocycles. The highest BCUT2D eigenvalue weighted by atomic mass is 19.4. The Hall–Kier alpha value is -3.23. The number of benzene rings is 2. The molecular formula is C19H16F3NO5. The molecule has 1 aliphatic heterocycles. The van der Waals surface area contributed by atoms with Gasteiger partial charge in [-0.3, -0.25) is 4.79 Å². The predicted molar refractivity (Wildman–Crippen MR) is 91.1 cm³/mol. The summed E-state index contributed by atoms with van der Waals surface area (Å²) in [5, 5.41) is 2.55. The highest BCUT2D eigenvalue weighted by molar-refractivity contribution is 5.91. The van der Waals surface area contributed by atoms with E-state index in [9.17, 15) is 22.8 Å². The van der Waals surface area contributed by atoms with Gasteiger partial charge in [-0.2, -0.15) is 13.2 Å². The molecule has 0 unspecified atom stereocenters. The maximum atomic E-state index is 12.5. The van der Waals surface area contributed by atoms with Crippen LogP contribution in [0.4, 0.5) is 13.2 Å². The number of carbonyl (C=O) groups is 2. The van der Waals surface area contributed by atoms with E-state index < -0.39 is 36.3 Å². The van der Waals surface area contributed by atoms with Crippen molar-refractivity contribution in [2.45, 2.75) is 12.3 Å². The van der Waals surface area contributed by atoms with Crippen LogP contribution >= 0.6 is 0 Å². The molecule has 0 saturated heterocycles. The Bertz CT molecular complexity index is 851. The van der Waals surface area contributed by atoms with E-state index in [2.05, 4.69) is 5.32 Å². The lowest BCUT2D eigenvalue weighted by Gasteiger charge is -2.26. The van der Waals surface area contributed by atoms with Gasteiger partial charge in [-0.25, -0.2) is 4.79 Å². The van der Waals surface area contributed by atoms with Crippen LogP contribution in [0.5, 0.6) is 11.5 Å². The number of carbonyl (C=O) groups excluding carboxylic acids is 2. The molecule has 3 rings (SSSR count). The minimum absolute atomic E-state index is 0.0820. The van der Waals surface area contributed by atoms with Crippen molar-refractivity contribution in [3.8, 4) is 11.5 Å². The Kier molecular flexibility index (Phi) is 5.72. The molecule has 0 aromatic heterocycles. The molecule has 1 amide bonds. The van der Waals surface area contributed by atoms with Crippen LogP contribution in [0.1, 0.15) is 15.9 Å². The highest BCUT2D eigenvalue weighted by Gasteiger charge is 2.30. The van der Waals surface area contributed by atoms with Crippen molar-refractivity contribution in [3.63, 3.8) is 0 Å². The number of hydrogen-bond donors (Lipinski definition) is 1. The van der Waals surface area contributed by atoms with Crippen molar-refractivity contribution >= 4 is 11.9 Å². The zero-order chi connectivity index (χ0) is 20.1. The van der Waals surface area contributed by atoms with Crippen LogP contribution in [0, 0.1) is 0 Å². The summed E-state index contributed by atoms with van der Waals surface area (Å²) in [7, 11) is 0. The molecule has 0 spiro atoms. The van der Waals surface area contributed by atoms with E-state index in [1.54, 1.807) is 18.2 Å². The number of hydrogen-bond acceptors (Lipinski definition) is 5. The fourth-order valence-electron chi connectivity index (χ4n) is 2.45. The van der Waals surface area contributed by atoms with Crippen molar-refractivity contribution in [2.75, 3.05) is 19.8 Å². The van der Waals surface area contributed by atoms with E-state index in [1.807, 2.05) is 6.07 Å². The van der Waals surface area contributed by atoms with Crippen molar-refractivity contribution in [2.24, 2.45) is 0 Å². The summed E-state index contributed by atoms with van der Waals surface area (Å²) in [5.41, 5.74) is -0.959. The number of amides is 1. The smallest absolute Gasteiger partial charge is 0.416 e. The molecule has 1 atom stereocenters. The molecule has 6 nitrogen and oxygen atoms in total. The summed E-state index contributed by atoms with van der Waals surface area (Å²) in [6.07, 6.45) is -4.89. The summed E-state index contributed by atoms with van der Waals surface area (Å²) in [4.78, 5) is 23.6. The first-order valence-electron chi connectivity index (χ1n) is 8.32. The largest absolute Gasteiger partial charge is 0.486 e. The van der Waals surface area contributed by atoms with Gasteiger partial charge in [0.05, 0.1) is 17.7 Å². The lowest BCUT2D eigenvalue weighted by Crippen LogP contribution is -2.42. The molecule has 0 radical (unpaired) electrons. The quantitative estimate of drug-likeness (QED) is 0.789. The van der Waals surface area contributed by atoms with E-state index >= 15 is 0 Å². The summed E-state index contributed by atoms with van der Waals surface area (Å²) in [6.45, 7) is -0.169. The number of alkyl halides is 3. The van der Waals surface area contributed by atoms with Gasteiger partial charge in [-0.1, -0.05) is 12.1 Å². The normalized spacial score (nSPS) is 15.6. The molecule has 28 heavy (non-hydrogen) atoms. The molecule has 0 fully saturated rings. The molecule has 2 aromatic rings. The fraction of sp³-hybridized carbons (Fsp3) is 0.263. The van der Waals surface area contributed by atoms with Crippen LogP contribution in [0.15, 0.2) is 48.5 Å². The van der Waals surface area contributed by atoms with Crippen molar-refractivity contribution < 1.29 is 37.0 Å². The Morgan fingerprint density at radius 2 is 1.75 bits per heavy atom. The van der Waals surface area contributed by atoms with Gasteiger partial charge in [0.25, 0.3) is 5.91 Å². The number of fused-ring (bicyclic) bond motifs is 1. The van der Waals surface area contributed by atoms with Crippen LogP contribution in [-0.2, 0) is 15.7 Å². The molecule has 9 heteroatoms. The van der Waals surface area contributed by atoms with E-state index in [4.69, 9.17) is 14.2 Å². The van der Waals surface area contributed by atoms with Gasteiger partial charge in [0.2, 0.25) is 0 Å². The summed E-state index contributed by atoms with van der Waals surface area (Å²) in [6, 6.07) is 10.7. The van der Waals surface area contributed by atoms with E-state index in [-0.39, 0.29) is 18.7 Å². The average Bonchev–Trinajstić information content (AvgIpc) is 2.69. The van der Waals surface area contributed by atoms with Gasteiger partial charge in [-0.15, -0.1) is 0 Å². The molecule has 1 aliphatic rings. The van der Waals surface area contributed by atoms with Crippen molar-refractivity contribution in [3.05, 3.63) is 59.7 Å². The lowest BCUT2D eigenvalue weighted by atomic mass is 10.1. The Balaban J connectivity index is 1.42. The maximum absolute atomic E-state index is 12.5. The molecule has 0 saturated carbocycles. The molecule has 0 bridgehead atoms. The number of rotatable bonds is 5. The molecule has 148 valence electrons. The van der Waals surface area contributed by atoms with Crippen LogP contribution < -0.4 is 14.8 Å². The Morgan fingerprint density at radius 3 is 2.43 bits per heavy atom. The second kappa shape index (κ2) is 8.20. The maximum Gasteiger partial charge on any atom is 0.416 e. The second-order valence-corrected chi connectivity index (χ2v) is 5.95. The minimum Gasteiger partial charge on any atom is -0.486 e. The minimum atomic E-state index is -4.49. The third-order valence-corrected chi connectivity index (χ3v) is 3.88. The molecular weight excluding hydrogens is 379 g/mol. The number of esters is 1. The van der Waals surface area contributed by atoms with Gasteiger partial charge >= 0.3 is 12.1 Å². The van der Waals surface area contributed by atoms with Crippen LogP contribution in [0.3, 0.4) is 0 Å². The third kappa shape index (κ3) is 4.93. The van der Waals surface area contributed by atoms with Gasteiger partial charge in [-0.05, 0) is 36.4 Å². The zero-order valence-corrected chi connectivity index (χ0v) is 14.5. The predicted octanol–water partition coefficient (Wildman–Crippen LogP) is 2.82. The first kappa shape index (κ1) is 19.5. The van der Waals surface area contributed by atoms with Crippen LogP contribution in [0.2, 0.25) is 0 Å². The fourth-order valence-corrected chi connectivity index (χ4v) is 2.45.